The molecule has 1 saturated carbocycles. The van der Waals surface area contributed by atoms with Gasteiger partial charge in [0.15, 0.2) is 0 Å². The minimum Gasteiger partial charge on any atom is -0.461 e. The zero-order valence-electron chi connectivity index (χ0n) is 12.8. The summed E-state index contributed by atoms with van der Waals surface area (Å²) in [6.45, 7) is 4.65. The molecule has 0 radical (unpaired) electrons. The van der Waals surface area contributed by atoms with Crippen LogP contribution in [0.5, 0.6) is 0 Å². The average Bonchev–Trinajstić information content (AvgIpc) is 2.83. The molecule has 0 N–H and O–H groups in total. The molecular weight excluding hydrogens is 262 g/mol. The van der Waals surface area contributed by atoms with E-state index in [4.69, 9.17) is 4.74 Å². The van der Waals surface area contributed by atoms with Gasteiger partial charge in [0.2, 0.25) is 0 Å². The number of aromatic nitrogens is 1. The highest BCUT2D eigenvalue weighted by Crippen LogP contribution is 2.26. The van der Waals surface area contributed by atoms with Crippen molar-refractivity contribution in [1.82, 2.24) is 4.57 Å². The summed E-state index contributed by atoms with van der Waals surface area (Å²) in [5.74, 6) is 0.657. The van der Waals surface area contributed by atoms with Crippen LogP contribution in [0.2, 0.25) is 0 Å². The van der Waals surface area contributed by atoms with Crippen molar-refractivity contribution in [3.63, 3.8) is 0 Å². The number of carbonyl (C=O) groups is 1. The second-order valence-corrected chi connectivity index (χ2v) is 6.38. The van der Waals surface area contributed by atoms with Crippen molar-refractivity contribution in [1.29, 1.82) is 0 Å². The lowest BCUT2D eigenvalue weighted by Gasteiger charge is -2.26. The molecule has 3 rings (SSSR count). The van der Waals surface area contributed by atoms with Crippen LogP contribution in [-0.2, 0) is 16.1 Å². The van der Waals surface area contributed by atoms with Crippen LogP contribution in [-0.4, -0.2) is 16.6 Å². The summed E-state index contributed by atoms with van der Waals surface area (Å²) < 4.78 is 7.60. The van der Waals surface area contributed by atoms with Gasteiger partial charge in [0, 0.05) is 11.7 Å². The molecule has 21 heavy (non-hydrogen) atoms. The molecule has 1 aliphatic rings. The highest BCUT2D eigenvalue weighted by molar-refractivity contribution is 5.82. The van der Waals surface area contributed by atoms with Crippen LogP contribution >= 0.6 is 0 Å². The van der Waals surface area contributed by atoms with E-state index in [1.54, 1.807) is 0 Å². The minimum absolute atomic E-state index is 0.118. The molecule has 112 valence electrons. The summed E-state index contributed by atoms with van der Waals surface area (Å²) in [5.41, 5.74) is 2.33. The first-order valence-corrected chi connectivity index (χ1v) is 7.87. The lowest BCUT2D eigenvalue weighted by atomic mass is 9.89. The van der Waals surface area contributed by atoms with Gasteiger partial charge in [0.05, 0.1) is 0 Å². The minimum atomic E-state index is -0.118. The molecule has 2 aromatic rings. The molecule has 0 amide bonds. The van der Waals surface area contributed by atoms with Crippen LogP contribution in [0.1, 0.15) is 38.2 Å². The van der Waals surface area contributed by atoms with E-state index < -0.39 is 0 Å². The quantitative estimate of drug-likeness (QED) is 0.796. The first-order chi connectivity index (χ1) is 10.1. The monoisotopic (exact) mass is 285 g/mol. The van der Waals surface area contributed by atoms with Crippen molar-refractivity contribution in [3.8, 4) is 0 Å². The number of hydrogen-bond acceptors (Lipinski definition) is 2. The van der Waals surface area contributed by atoms with E-state index in [2.05, 4.69) is 38.1 Å². The van der Waals surface area contributed by atoms with Crippen LogP contribution in [0.4, 0.5) is 0 Å². The first kappa shape index (κ1) is 14.2. The molecule has 0 spiro atoms. The smallest absolute Gasteiger partial charge is 0.326 e. The van der Waals surface area contributed by atoms with Gasteiger partial charge in [-0.3, -0.25) is 4.79 Å². The number of nitrogens with zero attached hydrogens (tertiary/aromatic N) is 1. The molecule has 0 aliphatic heterocycles. The maximum atomic E-state index is 12.1. The number of carbonyl (C=O) groups excluding carboxylic acids is 1. The predicted octanol–water partition coefficient (Wildman–Crippen LogP) is 4.07. The molecule has 0 unspecified atom stereocenters. The molecule has 0 bridgehead atoms. The van der Waals surface area contributed by atoms with E-state index in [0.29, 0.717) is 6.54 Å². The largest absolute Gasteiger partial charge is 0.461 e. The number of benzene rings is 1. The number of rotatable bonds is 3. The summed E-state index contributed by atoms with van der Waals surface area (Å²) in [5, 5.41) is 1.18. The topological polar surface area (TPSA) is 31.2 Å². The summed E-state index contributed by atoms with van der Waals surface area (Å²) >= 11 is 0. The Morgan fingerprint density at radius 2 is 2.00 bits per heavy atom. The zero-order chi connectivity index (χ0) is 14.8. The third-order valence-corrected chi connectivity index (χ3v) is 4.49. The van der Waals surface area contributed by atoms with E-state index in [9.17, 15) is 4.79 Å². The molecule has 1 heterocycles. The standard InChI is InChI=1S/C18H23NO2/c1-13-3-6-16(7-4-13)21-18(20)12-19-10-9-15-11-14(2)5-8-17(15)19/h5,8-11,13,16H,3-4,6-7,12H2,1-2H3. The number of fused-ring (bicyclic) bond motifs is 1. The summed E-state index contributed by atoms with van der Waals surface area (Å²) in [6.07, 6.45) is 6.45. The van der Waals surface area contributed by atoms with Gasteiger partial charge in [-0.25, -0.2) is 0 Å². The lowest BCUT2D eigenvalue weighted by molar-refractivity contribution is -0.151. The Labute approximate surface area is 125 Å². The second kappa shape index (κ2) is 5.92. The molecular formula is C18H23NO2. The van der Waals surface area contributed by atoms with Crippen molar-refractivity contribution in [3.05, 3.63) is 36.0 Å². The second-order valence-electron chi connectivity index (χ2n) is 6.38. The van der Waals surface area contributed by atoms with Gasteiger partial charge < -0.3 is 9.30 Å². The molecule has 3 heteroatoms. The predicted molar refractivity (Wildman–Crippen MR) is 84.2 cm³/mol. The third-order valence-electron chi connectivity index (χ3n) is 4.49. The molecule has 1 fully saturated rings. The highest BCUT2D eigenvalue weighted by Gasteiger charge is 2.21. The van der Waals surface area contributed by atoms with Crippen molar-refractivity contribution >= 4 is 16.9 Å². The SMILES string of the molecule is Cc1ccc2c(ccn2CC(=O)OC2CCC(C)CC2)c1. The number of aryl methyl sites for hydroxylation is 1. The first-order valence-electron chi connectivity index (χ1n) is 7.87. The molecule has 0 atom stereocenters. The third kappa shape index (κ3) is 3.29. The molecule has 1 aromatic heterocycles. The summed E-state index contributed by atoms with van der Waals surface area (Å²) in [6, 6.07) is 8.34. The van der Waals surface area contributed by atoms with Crippen molar-refractivity contribution in [2.75, 3.05) is 0 Å². The summed E-state index contributed by atoms with van der Waals surface area (Å²) in [4.78, 5) is 12.1. The fourth-order valence-corrected chi connectivity index (χ4v) is 3.17. The van der Waals surface area contributed by atoms with Gasteiger partial charge >= 0.3 is 5.97 Å². The van der Waals surface area contributed by atoms with Crippen LogP contribution in [0.15, 0.2) is 30.5 Å². The van der Waals surface area contributed by atoms with Crippen molar-refractivity contribution in [2.45, 2.75) is 52.2 Å². The van der Waals surface area contributed by atoms with E-state index >= 15 is 0 Å². The lowest BCUT2D eigenvalue weighted by Crippen LogP contribution is -2.25. The Morgan fingerprint density at radius 3 is 2.76 bits per heavy atom. The number of hydrogen-bond donors (Lipinski definition) is 0. The van der Waals surface area contributed by atoms with Gasteiger partial charge in [-0.1, -0.05) is 18.6 Å². The Balaban J connectivity index is 1.63. The molecule has 1 aliphatic carbocycles. The fraction of sp³-hybridized carbons (Fsp3) is 0.500. The van der Waals surface area contributed by atoms with Gasteiger partial charge in [-0.05, 0) is 62.1 Å². The Morgan fingerprint density at radius 1 is 1.24 bits per heavy atom. The van der Waals surface area contributed by atoms with Gasteiger partial charge in [0.25, 0.3) is 0 Å². The Kier molecular flexibility index (Phi) is 4.00. The fourth-order valence-electron chi connectivity index (χ4n) is 3.17. The highest BCUT2D eigenvalue weighted by atomic mass is 16.5. The molecule has 3 nitrogen and oxygen atoms in total. The van der Waals surface area contributed by atoms with Crippen LogP contribution in [0.3, 0.4) is 0 Å². The molecule has 1 aromatic carbocycles. The van der Waals surface area contributed by atoms with Crippen LogP contribution < -0.4 is 0 Å². The van der Waals surface area contributed by atoms with Crippen LogP contribution in [0, 0.1) is 12.8 Å². The molecule has 0 saturated heterocycles. The maximum Gasteiger partial charge on any atom is 0.326 e. The van der Waals surface area contributed by atoms with Gasteiger partial charge in [-0.2, -0.15) is 0 Å². The zero-order valence-corrected chi connectivity index (χ0v) is 12.8. The number of esters is 1. The Hall–Kier alpha value is -1.77. The van der Waals surface area contributed by atoms with E-state index in [1.807, 2.05) is 10.8 Å². The van der Waals surface area contributed by atoms with E-state index in [-0.39, 0.29) is 12.1 Å². The van der Waals surface area contributed by atoms with Gasteiger partial charge in [-0.15, -0.1) is 0 Å². The average molecular weight is 285 g/mol. The normalized spacial score (nSPS) is 22.4. The van der Waals surface area contributed by atoms with E-state index in [1.165, 1.54) is 23.8 Å². The summed E-state index contributed by atoms with van der Waals surface area (Å²) in [7, 11) is 0. The van der Waals surface area contributed by atoms with Crippen LogP contribution in [0.25, 0.3) is 10.9 Å². The van der Waals surface area contributed by atoms with Gasteiger partial charge in [0.1, 0.15) is 12.6 Å². The number of ether oxygens (including phenoxy) is 1. The van der Waals surface area contributed by atoms with Crippen molar-refractivity contribution < 1.29 is 9.53 Å². The van der Waals surface area contributed by atoms with Crippen molar-refractivity contribution in [2.24, 2.45) is 5.92 Å². The van der Waals surface area contributed by atoms with E-state index in [0.717, 1.165) is 24.3 Å². The maximum absolute atomic E-state index is 12.1. The Bertz CT molecular complexity index is 636.